The minimum Gasteiger partial charge on any atom is -0.346 e. The van der Waals surface area contributed by atoms with Gasteiger partial charge in [0.15, 0.2) is 0 Å². The first kappa shape index (κ1) is 13.8. The predicted octanol–water partition coefficient (Wildman–Crippen LogP) is 3.17. The number of amides is 1. The van der Waals surface area contributed by atoms with Crippen LogP contribution in [0.1, 0.15) is 55.5 Å². The average Bonchev–Trinajstić information content (AvgIpc) is 2.55. The van der Waals surface area contributed by atoms with E-state index in [1.54, 1.807) is 0 Å². The van der Waals surface area contributed by atoms with E-state index in [0.29, 0.717) is 6.04 Å². The molecule has 17 heavy (non-hydrogen) atoms. The van der Waals surface area contributed by atoms with Crippen molar-refractivity contribution in [3.63, 3.8) is 0 Å². The van der Waals surface area contributed by atoms with Crippen molar-refractivity contribution in [2.45, 2.75) is 47.6 Å². The van der Waals surface area contributed by atoms with Crippen LogP contribution in [-0.2, 0) is 0 Å². The average molecular weight is 236 g/mol. The number of aryl methyl sites for hydroxylation is 1. The third kappa shape index (κ3) is 2.54. The molecule has 3 heteroatoms. The van der Waals surface area contributed by atoms with Gasteiger partial charge in [0.05, 0.1) is 5.56 Å². The molecule has 0 atom stereocenters. The summed E-state index contributed by atoms with van der Waals surface area (Å²) in [5.74, 6) is 0.148. The van der Waals surface area contributed by atoms with Crippen LogP contribution in [0.4, 0.5) is 0 Å². The Morgan fingerprint density at radius 3 is 2.18 bits per heavy atom. The number of carbonyl (C=O) groups excluding carboxylic acids is 1. The molecule has 0 unspecified atom stereocenters. The third-order valence-electron chi connectivity index (χ3n) is 3.28. The van der Waals surface area contributed by atoms with E-state index in [2.05, 4.69) is 25.3 Å². The van der Waals surface area contributed by atoms with Crippen LogP contribution >= 0.6 is 0 Å². The highest BCUT2D eigenvalue weighted by Crippen LogP contribution is 2.21. The molecule has 0 aliphatic rings. The highest BCUT2D eigenvalue weighted by Gasteiger charge is 2.20. The summed E-state index contributed by atoms with van der Waals surface area (Å²) in [6, 6.07) is 2.41. The Morgan fingerprint density at radius 1 is 1.29 bits per heavy atom. The van der Waals surface area contributed by atoms with Crippen LogP contribution in [0.2, 0.25) is 0 Å². The minimum atomic E-state index is 0.148. The molecule has 0 aliphatic heterocycles. The van der Waals surface area contributed by atoms with E-state index in [4.69, 9.17) is 0 Å². The number of hydrogen-bond acceptors (Lipinski definition) is 1. The summed E-state index contributed by atoms with van der Waals surface area (Å²) in [5, 5.41) is 0. The van der Waals surface area contributed by atoms with Crippen LogP contribution in [0, 0.1) is 13.8 Å². The van der Waals surface area contributed by atoms with Gasteiger partial charge in [0, 0.05) is 30.5 Å². The molecule has 0 N–H and O–H groups in total. The van der Waals surface area contributed by atoms with Crippen LogP contribution in [0.3, 0.4) is 0 Å². The highest BCUT2D eigenvalue weighted by molar-refractivity contribution is 5.95. The summed E-state index contributed by atoms with van der Waals surface area (Å²) in [6.45, 7) is 13.9. The number of nitrogens with zero attached hydrogens (tertiary/aromatic N) is 2. The lowest BCUT2D eigenvalue weighted by Gasteiger charge is -2.19. The molecule has 0 radical (unpaired) electrons. The minimum absolute atomic E-state index is 0.148. The van der Waals surface area contributed by atoms with Gasteiger partial charge in [0.2, 0.25) is 0 Å². The maximum Gasteiger partial charge on any atom is 0.255 e. The second-order valence-electron chi connectivity index (χ2n) is 4.73. The van der Waals surface area contributed by atoms with Crippen molar-refractivity contribution in [1.29, 1.82) is 0 Å². The van der Waals surface area contributed by atoms with Gasteiger partial charge in [-0.2, -0.15) is 0 Å². The molecule has 1 aromatic rings. The molecule has 0 fully saturated rings. The molecule has 0 aliphatic carbocycles. The van der Waals surface area contributed by atoms with Gasteiger partial charge in [-0.05, 0) is 47.6 Å². The summed E-state index contributed by atoms with van der Waals surface area (Å²) < 4.78 is 2.22. The lowest BCUT2D eigenvalue weighted by atomic mass is 10.2. The van der Waals surface area contributed by atoms with Crippen molar-refractivity contribution in [2.75, 3.05) is 13.1 Å². The zero-order valence-electron chi connectivity index (χ0n) is 11.9. The largest absolute Gasteiger partial charge is 0.346 e. The van der Waals surface area contributed by atoms with E-state index >= 15 is 0 Å². The van der Waals surface area contributed by atoms with Crippen LogP contribution in [0.5, 0.6) is 0 Å². The van der Waals surface area contributed by atoms with Crippen molar-refractivity contribution in [2.24, 2.45) is 0 Å². The van der Waals surface area contributed by atoms with Crippen molar-refractivity contribution >= 4 is 5.91 Å². The summed E-state index contributed by atoms with van der Waals surface area (Å²) in [4.78, 5) is 14.2. The molecule has 0 aromatic carbocycles. The van der Waals surface area contributed by atoms with Gasteiger partial charge in [-0.3, -0.25) is 4.79 Å². The molecule has 1 amide bonds. The molecule has 3 nitrogen and oxygen atoms in total. The molecule has 0 spiro atoms. The quantitative estimate of drug-likeness (QED) is 0.788. The Labute approximate surface area is 104 Å². The van der Waals surface area contributed by atoms with Crippen molar-refractivity contribution in [1.82, 2.24) is 9.47 Å². The Kier molecular flexibility index (Phi) is 4.38. The molecule has 1 rings (SSSR count). The van der Waals surface area contributed by atoms with Crippen LogP contribution in [0.25, 0.3) is 0 Å². The molecule has 0 bridgehead atoms. The van der Waals surface area contributed by atoms with Crippen molar-refractivity contribution in [3.05, 3.63) is 23.0 Å². The maximum absolute atomic E-state index is 12.3. The van der Waals surface area contributed by atoms with Gasteiger partial charge in [-0.15, -0.1) is 0 Å². The van der Waals surface area contributed by atoms with Crippen molar-refractivity contribution < 1.29 is 4.79 Å². The molecule has 1 aromatic heterocycles. The lowest BCUT2D eigenvalue weighted by Crippen LogP contribution is -2.30. The van der Waals surface area contributed by atoms with Gasteiger partial charge < -0.3 is 9.47 Å². The Hall–Kier alpha value is -1.25. The maximum atomic E-state index is 12.3. The van der Waals surface area contributed by atoms with E-state index in [1.165, 1.54) is 0 Å². The fraction of sp³-hybridized carbons (Fsp3) is 0.643. The standard InChI is InChI=1S/C14H24N2O/c1-7-15(8-2)14(17)13-9-11(5)16(10(3)4)12(13)6/h9-10H,7-8H2,1-6H3. The SMILES string of the molecule is CCN(CC)C(=O)c1cc(C)n(C(C)C)c1C. The van der Waals surface area contributed by atoms with Crippen molar-refractivity contribution in [3.8, 4) is 0 Å². The molecule has 0 saturated heterocycles. The Morgan fingerprint density at radius 2 is 1.82 bits per heavy atom. The van der Waals surface area contributed by atoms with Gasteiger partial charge in [0.1, 0.15) is 0 Å². The summed E-state index contributed by atoms with van der Waals surface area (Å²) in [5.41, 5.74) is 3.09. The molecule has 1 heterocycles. The second-order valence-corrected chi connectivity index (χ2v) is 4.73. The first-order valence-corrected chi connectivity index (χ1v) is 6.41. The van der Waals surface area contributed by atoms with Gasteiger partial charge in [-0.25, -0.2) is 0 Å². The Balaban J connectivity index is 3.16. The Bertz CT molecular complexity index is 401. The molecular weight excluding hydrogens is 212 g/mol. The first-order valence-electron chi connectivity index (χ1n) is 6.41. The van der Waals surface area contributed by atoms with Gasteiger partial charge in [0.25, 0.3) is 5.91 Å². The molecule has 96 valence electrons. The van der Waals surface area contributed by atoms with Crippen LogP contribution < -0.4 is 0 Å². The summed E-state index contributed by atoms with van der Waals surface area (Å²) >= 11 is 0. The molecule has 0 saturated carbocycles. The number of hydrogen-bond donors (Lipinski definition) is 0. The highest BCUT2D eigenvalue weighted by atomic mass is 16.2. The third-order valence-corrected chi connectivity index (χ3v) is 3.28. The second kappa shape index (κ2) is 5.39. The normalized spacial score (nSPS) is 11.0. The zero-order chi connectivity index (χ0) is 13.2. The topological polar surface area (TPSA) is 25.2 Å². The summed E-state index contributed by atoms with van der Waals surface area (Å²) in [6.07, 6.45) is 0. The van der Waals surface area contributed by atoms with Crippen LogP contribution in [-0.4, -0.2) is 28.5 Å². The van der Waals surface area contributed by atoms with E-state index in [9.17, 15) is 4.79 Å². The fourth-order valence-electron chi connectivity index (χ4n) is 2.47. The summed E-state index contributed by atoms with van der Waals surface area (Å²) in [7, 11) is 0. The smallest absolute Gasteiger partial charge is 0.255 e. The van der Waals surface area contributed by atoms with E-state index in [0.717, 1.165) is 30.0 Å². The molecular formula is C14H24N2O. The fourth-order valence-corrected chi connectivity index (χ4v) is 2.47. The van der Waals surface area contributed by atoms with Crippen LogP contribution in [0.15, 0.2) is 6.07 Å². The predicted molar refractivity (Wildman–Crippen MR) is 71.5 cm³/mol. The lowest BCUT2D eigenvalue weighted by molar-refractivity contribution is 0.0772. The first-order chi connectivity index (χ1) is 7.93. The van der Waals surface area contributed by atoms with E-state index < -0.39 is 0 Å². The van der Waals surface area contributed by atoms with E-state index in [1.807, 2.05) is 31.7 Å². The number of rotatable bonds is 4. The van der Waals surface area contributed by atoms with Gasteiger partial charge >= 0.3 is 0 Å². The van der Waals surface area contributed by atoms with E-state index in [-0.39, 0.29) is 5.91 Å². The number of carbonyl (C=O) groups is 1. The zero-order valence-corrected chi connectivity index (χ0v) is 11.9. The van der Waals surface area contributed by atoms with Gasteiger partial charge in [-0.1, -0.05) is 0 Å². The number of aromatic nitrogens is 1. The monoisotopic (exact) mass is 236 g/mol.